The van der Waals surface area contributed by atoms with Crippen LogP contribution in [0.25, 0.3) is 0 Å². The molecule has 0 saturated heterocycles. The first kappa shape index (κ1) is 12.9. The first-order valence-electron chi connectivity index (χ1n) is 3.85. The normalized spacial score (nSPS) is 8.18. The van der Waals surface area contributed by atoms with Crippen LogP contribution in [0.5, 0.6) is 0 Å². The third-order valence-corrected chi connectivity index (χ3v) is 0.348. The Labute approximate surface area is 70.8 Å². The largest absolute Gasteiger partial charge is 0.468 e. The fraction of sp³-hybridized carbons (Fsp3) is 0.600. The van der Waals surface area contributed by atoms with Gasteiger partial charge in [-0.25, -0.2) is 0 Å². The molecule has 0 bridgehead atoms. The molecule has 0 aromatic heterocycles. The molecule has 0 atom stereocenters. The van der Waals surface area contributed by atoms with E-state index in [4.69, 9.17) is 4.74 Å². The molecule has 66 valence electrons. The topological polar surface area (TPSA) is 9.23 Å². The molecule has 0 unspecified atom stereocenters. The van der Waals surface area contributed by atoms with E-state index in [-0.39, 0.29) is 0 Å². The zero-order chi connectivity index (χ0) is 9.44. The molecular weight excluding hydrogens is 136 g/mol. The standard InChI is InChI=1S/C6H10O.C4H10/c1-5(2)7-6(3)4;1-4(2)3/h1,3H2,2,4H3;4H,1-3H3. The predicted molar refractivity (Wildman–Crippen MR) is 51.2 cm³/mol. The molecule has 0 rings (SSSR count). The Morgan fingerprint density at radius 3 is 1.18 bits per heavy atom. The number of rotatable bonds is 2. The van der Waals surface area contributed by atoms with E-state index < -0.39 is 0 Å². The second-order valence-electron chi connectivity index (χ2n) is 3.24. The lowest BCUT2D eigenvalue weighted by molar-refractivity contribution is 0.313. The summed E-state index contributed by atoms with van der Waals surface area (Å²) < 4.78 is 4.86. The fourth-order valence-electron chi connectivity index (χ4n) is 0.297. The van der Waals surface area contributed by atoms with Crippen LogP contribution in [-0.2, 0) is 4.74 Å². The van der Waals surface area contributed by atoms with Gasteiger partial charge in [0.15, 0.2) is 0 Å². The van der Waals surface area contributed by atoms with Crippen molar-refractivity contribution < 1.29 is 4.74 Å². The van der Waals surface area contributed by atoms with Gasteiger partial charge >= 0.3 is 0 Å². The van der Waals surface area contributed by atoms with Crippen molar-refractivity contribution >= 4 is 0 Å². The lowest BCUT2D eigenvalue weighted by Crippen LogP contribution is -1.78. The molecule has 0 N–H and O–H groups in total. The van der Waals surface area contributed by atoms with Crippen molar-refractivity contribution in [2.24, 2.45) is 5.92 Å². The molecule has 0 aliphatic rings. The van der Waals surface area contributed by atoms with Crippen LogP contribution in [0.4, 0.5) is 0 Å². The van der Waals surface area contributed by atoms with Crippen LogP contribution in [0.1, 0.15) is 34.6 Å². The maximum absolute atomic E-state index is 4.86. The van der Waals surface area contributed by atoms with E-state index in [2.05, 4.69) is 33.9 Å². The van der Waals surface area contributed by atoms with Crippen LogP contribution in [0.15, 0.2) is 24.7 Å². The molecule has 0 spiro atoms. The Balaban J connectivity index is 0. The van der Waals surface area contributed by atoms with Crippen LogP contribution in [-0.4, -0.2) is 0 Å². The Hall–Kier alpha value is -0.720. The predicted octanol–water partition coefficient (Wildman–Crippen LogP) is 3.73. The molecule has 0 aromatic carbocycles. The van der Waals surface area contributed by atoms with Crippen molar-refractivity contribution in [2.45, 2.75) is 34.6 Å². The van der Waals surface area contributed by atoms with Gasteiger partial charge < -0.3 is 4.74 Å². The van der Waals surface area contributed by atoms with E-state index in [9.17, 15) is 0 Å². The van der Waals surface area contributed by atoms with Crippen LogP contribution in [0, 0.1) is 5.92 Å². The van der Waals surface area contributed by atoms with Gasteiger partial charge in [-0.05, 0) is 19.8 Å². The van der Waals surface area contributed by atoms with Crippen LogP contribution >= 0.6 is 0 Å². The molecule has 1 nitrogen and oxygen atoms in total. The summed E-state index contributed by atoms with van der Waals surface area (Å²) in [7, 11) is 0. The molecule has 11 heavy (non-hydrogen) atoms. The van der Waals surface area contributed by atoms with Gasteiger partial charge in [0.05, 0.1) is 11.5 Å². The van der Waals surface area contributed by atoms with E-state index in [0.29, 0.717) is 11.5 Å². The molecule has 0 aliphatic carbocycles. The Kier molecular flexibility index (Phi) is 8.67. The smallest absolute Gasteiger partial charge is 0.0933 e. The van der Waals surface area contributed by atoms with Crippen LogP contribution in [0.2, 0.25) is 0 Å². The molecule has 0 aromatic rings. The summed E-state index contributed by atoms with van der Waals surface area (Å²) in [5, 5.41) is 0. The highest BCUT2D eigenvalue weighted by atomic mass is 16.5. The summed E-state index contributed by atoms with van der Waals surface area (Å²) in [6.07, 6.45) is 0. The molecule has 0 heterocycles. The quantitative estimate of drug-likeness (QED) is 0.553. The summed E-state index contributed by atoms with van der Waals surface area (Å²) in [6, 6.07) is 0. The minimum Gasteiger partial charge on any atom is -0.468 e. The SMILES string of the molecule is C=C(C)OC(=C)C.CC(C)C. The fourth-order valence-corrected chi connectivity index (χ4v) is 0.297. The number of allylic oxidation sites excluding steroid dienone is 2. The molecular formula is C10H20O. The molecule has 0 radical (unpaired) electrons. The van der Waals surface area contributed by atoms with E-state index >= 15 is 0 Å². The highest BCUT2D eigenvalue weighted by molar-refractivity contribution is 4.85. The Morgan fingerprint density at radius 2 is 1.18 bits per heavy atom. The van der Waals surface area contributed by atoms with Gasteiger partial charge in [0, 0.05) is 0 Å². The first-order valence-corrected chi connectivity index (χ1v) is 3.85. The van der Waals surface area contributed by atoms with E-state index in [1.54, 1.807) is 13.8 Å². The van der Waals surface area contributed by atoms with Gasteiger partial charge in [0.1, 0.15) is 0 Å². The minimum atomic E-state index is 0.688. The van der Waals surface area contributed by atoms with Gasteiger partial charge in [-0.15, -0.1) is 0 Å². The zero-order valence-corrected chi connectivity index (χ0v) is 8.40. The first-order chi connectivity index (χ1) is 4.86. The van der Waals surface area contributed by atoms with Gasteiger partial charge in [-0.1, -0.05) is 33.9 Å². The summed E-state index contributed by atoms with van der Waals surface area (Å²) >= 11 is 0. The molecule has 0 aliphatic heterocycles. The number of ether oxygens (including phenoxy) is 1. The monoisotopic (exact) mass is 156 g/mol. The van der Waals surface area contributed by atoms with Crippen molar-refractivity contribution in [3.05, 3.63) is 24.7 Å². The average Bonchev–Trinajstić information content (AvgIpc) is 1.56. The van der Waals surface area contributed by atoms with E-state index in [0.717, 1.165) is 5.92 Å². The van der Waals surface area contributed by atoms with Crippen LogP contribution in [0.3, 0.4) is 0 Å². The highest BCUT2D eigenvalue weighted by Gasteiger charge is 1.80. The number of hydrogen-bond donors (Lipinski definition) is 0. The van der Waals surface area contributed by atoms with Gasteiger partial charge in [0.25, 0.3) is 0 Å². The second kappa shape index (κ2) is 7.39. The summed E-state index contributed by atoms with van der Waals surface area (Å²) in [4.78, 5) is 0. The molecule has 1 heteroatoms. The maximum atomic E-state index is 4.86. The average molecular weight is 156 g/mol. The van der Waals surface area contributed by atoms with Crippen molar-refractivity contribution in [1.82, 2.24) is 0 Å². The summed E-state index contributed by atoms with van der Waals surface area (Å²) in [5.74, 6) is 2.21. The second-order valence-corrected chi connectivity index (χ2v) is 3.24. The molecule has 0 amide bonds. The Bertz CT molecular complexity index is 108. The Morgan fingerprint density at radius 1 is 1.00 bits per heavy atom. The molecule has 0 fully saturated rings. The van der Waals surface area contributed by atoms with Gasteiger partial charge in [-0.2, -0.15) is 0 Å². The third-order valence-electron chi connectivity index (χ3n) is 0.348. The van der Waals surface area contributed by atoms with Gasteiger partial charge in [0.2, 0.25) is 0 Å². The van der Waals surface area contributed by atoms with Crippen LogP contribution < -0.4 is 0 Å². The van der Waals surface area contributed by atoms with Gasteiger partial charge in [-0.3, -0.25) is 0 Å². The lowest BCUT2D eigenvalue weighted by atomic mass is 10.3. The van der Waals surface area contributed by atoms with E-state index in [1.165, 1.54) is 0 Å². The van der Waals surface area contributed by atoms with Crippen molar-refractivity contribution in [1.29, 1.82) is 0 Å². The highest BCUT2D eigenvalue weighted by Crippen LogP contribution is 1.97. The third kappa shape index (κ3) is 45.7. The van der Waals surface area contributed by atoms with E-state index in [1.807, 2.05) is 0 Å². The number of hydrogen-bond acceptors (Lipinski definition) is 1. The summed E-state index contributed by atoms with van der Waals surface area (Å²) in [6.45, 7) is 17.1. The lowest BCUT2D eigenvalue weighted by Gasteiger charge is -1.99. The van der Waals surface area contributed by atoms with Crippen molar-refractivity contribution in [3.63, 3.8) is 0 Å². The minimum absolute atomic E-state index is 0.688. The zero-order valence-electron chi connectivity index (χ0n) is 8.40. The van der Waals surface area contributed by atoms with Crippen molar-refractivity contribution in [3.8, 4) is 0 Å². The van der Waals surface area contributed by atoms with Crippen molar-refractivity contribution in [2.75, 3.05) is 0 Å². The summed E-state index contributed by atoms with van der Waals surface area (Å²) in [5.41, 5.74) is 0. The molecule has 0 saturated carbocycles. The maximum Gasteiger partial charge on any atom is 0.0933 e.